The van der Waals surface area contributed by atoms with Gasteiger partial charge in [0.25, 0.3) is 5.91 Å². The van der Waals surface area contributed by atoms with Crippen molar-refractivity contribution in [1.82, 2.24) is 15.2 Å². The van der Waals surface area contributed by atoms with E-state index in [-0.39, 0.29) is 11.8 Å². The van der Waals surface area contributed by atoms with Gasteiger partial charge in [0.05, 0.1) is 0 Å². The second-order valence-corrected chi connectivity index (χ2v) is 6.89. The Labute approximate surface area is 147 Å². The number of rotatable bonds is 6. The van der Waals surface area contributed by atoms with Gasteiger partial charge >= 0.3 is 0 Å². The number of para-hydroxylation sites is 1. The average Bonchev–Trinajstić information content (AvgIpc) is 3.19. The van der Waals surface area contributed by atoms with Gasteiger partial charge in [-0.2, -0.15) is 0 Å². The zero-order chi connectivity index (χ0) is 17.8. The third-order valence-corrected chi connectivity index (χ3v) is 5.06. The molecule has 0 saturated carbocycles. The molecule has 2 amide bonds. The van der Waals surface area contributed by atoms with Gasteiger partial charge in [-0.1, -0.05) is 25.1 Å². The minimum absolute atomic E-state index is 0.100. The van der Waals surface area contributed by atoms with Gasteiger partial charge in [0.15, 0.2) is 0 Å². The molecule has 2 atom stereocenters. The van der Waals surface area contributed by atoms with E-state index >= 15 is 0 Å². The first-order chi connectivity index (χ1) is 12.1. The van der Waals surface area contributed by atoms with Crippen molar-refractivity contribution >= 4 is 22.7 Å². The Morgan fingerprint density at radius 2 is 2.12 bits per heavy atom. The second kappa shape index (κ2) is 7.70. The van der Waals surface area contributed by atoms with Crippen molar-refractivity contribution in [1.29, 1.82) is 0 Å². The Kier molecular flexibility index (Phi) is 5.38. The molecule has 6 heteroatoms. The first-order valence-electron chi connectivity index (χ1n) is 8.92. The molecule has 1 aliphatic rings. The van der Waals surface area contributed by atoms with Crippen LogP contribution in [-0.2, 0) is 4.79 Å². The summed E-state index contributed by atoms with van der Waals surface area (Å²) in [6, 6.07) is 9.58. The minimum atomic E-state index is -0.181. The minimum Gasteiger partial charge on any atom is -0.351 e. The molecule has 0 unspecified atom stereocenters. The highest BCUT2D eigenvalue weighted by Gasteiger charge is 2.31. The van der Waals surface area contributed by atoms with Crippen LogP contribution < -0.4 is 11.1 Å². The summed E-state index contributed by atoms with van der Waals surface area (Å²) >= 11 is 0. The number of hydrogen-bond acceptors (Lipinski definition) is 3. The monoisotopic (exact) mass is 342 g/mol. The number of likely N-dealkylation sites (tertiary alicyclic amines) is 1. The number of H-pyrrole nitrogens is 1. The summed E-state index contributed by atoms with van der Waals surface area (Å²) in [6.07, 6.45) is 1.29. The fourth-order valence-corrected chi connectivity index (χ4v) is 3.56. The summed E-state index contributed by atoms with van der Waals surface area (Å²) in [7, 11) is 0. The van der Waals surface area contributed by atoms with Crippen LogP contribution in [0.4, 0.5) is 0 Å². The number of carbonyl (C=O) groups excluding carboxylic acids is 2. The van der Waals surface area contributed by atoms with E-state index in [0.717, 1.165) is 30.4 Å². The summed E-state index contributed by atoms with van der Waals surface area (Å²) in [5.74, 6) is 0.909. The maximum absolute atomic E-state index is 12.3. The van der Waals surface area contributed by atoms with E-state index in [1.165, 1.54) is 0 Å². The molecule has 0 aliphatic carbocycles. The van der Waals surface area contributed by atoms with Crippen LogP contribution in [0.3, 0.4) is 0 Å². The Balaban J connectivity index is 1.47. The van der Waals surface area contributed by atoms with E-state index in [9.17, 15) is 9.59 Å². The quantitative estimate of drug-likeness (QED) is 0.746. The Morgan fingerprint density at radius 1 is 1.32 bits per heavy atom. The molecule has 1 aromatic heterocycles. The molecule has 6 nitrogen and oxygen atoms in total. The first kappa shape index (κ1) is 17.5. The lowest BCUT2D eigenvalue weighted by atomic mass is 9.95. The number of aromatic nitrogens is 1. The van der Waals surface area contributed by atoms with E-state index in [0.29, 0.717) is 37.0 Å². The van der Waals surface area contributed by atoms with Crippen molar-refractivity contribution in [2.45, 2.75) is 19.8 Å². The molecular weight excluding hydrogens is 316 g/mol. The van der Waals surface area contributed by atoms with Crippen molar-refractivity contribution in [3.05, 3.63) is 36.0 Å². The number of aromatic amines is 1. The highest BCUT2D eigenvalue weighted by atomic mass is 16.2. The molecule has 0 bridgehead atoms. The van der Waals surface area contributed by atoms with Gasteiger partial charge in [0, 0.05) is 37.0 Å². The van der Waals surface area contributed by atoms with E-state index in [2.05, 4.69) is 17.2 Å². The van der Waals surface area contributed by atoms with Crippen LogP contribution in [-0.4, -0.2) is 47.9 Å². The number of fused-ring (bicyclic) bond motifs is 1. The maximum atomic E-state index is 12.3. The van der Waals surface area contributed by atoms with Gasteiger partial charge in [0.2, 0.25) is 5.91 Å². The number of nitrogens with zero attached hydrogens (tertiary/aromatic N) is 1. The summed E-state index contributed by atoms with van der Waals surface area (Å²) in [5, 5.41) is 3.82. The fraction of sp³-hybridized carbons (Fsp3) is 0.474. The van der Waals surface area contributed by atoms with E-state index < -0.39 is 0 Å². The van der Waals surface area contributed by atoms with E-state index in [1.54, 1.807) is 0 Å². The molecule has 1 saturated heterocycles. The van der Waals surface area contributed by atoms with Gasteiger partial charge in [0.1, 0.15) is 5.69 Å². The molecule has 0 spiro atoms. The lowest BCUT2D eigenvalue weighted by Gasteiger charge is -2.16. The van der Waals surface area contributed by atoms with Crippen LogP contribution in [0, 0.1) is 11.8 Å². The Morgan fingerprint density at radius 3 is 2.88 bits per heavy atom. The number of carbonyl (C=O) groups is 2. The number of benzene rings is 1. The number of hydrogen-bond donors (Lipinski definition) is 3. The fourth-order valence-electron chi connectivity index (χ4n) is 3.56. The van der Waals surface area contributed by atoms with Gasteiger partial charge in [-0.3, -0.25) is 9.59 Å². The van der Waals surface area contributed by atoms with Crippen LogP contribution in [0.15, 0.2) is 30.3 Å². The SMILES string of the molecule is C[C@@H]1CN(C(=O)CCNC(=O)c2cc3ccccc3[nH]2)C[C@H]1CCN. The lowest BCUT2D eigenvalue weighted by molar-refractivity contribution is -0.130. The molecule has 1 fully saturated rings. The largest absolute Gasteiger partial charge is 0.351 e. The van der Waals surface area contributed by atoms with Crippen LogP contribution in [0.25, 0.3) is 10.9 Å². The van der Waals surface area contributed by atoms with Crippen molar-refractivity contribution in [2.24, 2.45) is 17.6 Å². The van der Waals surface area contributed by atoms with Crippen LogP contribution in [0.1, 0.15) is 30.3 Å². The van der Waals surface area contributed by atoms with E-state index in [4.69, 9.17) is 5.73 Å². The molecule has 0 radical (unpaired) electrons. The normalized spacial score (nSPS) is 20.2. The van der Waals surface area contributed by atoms with Crippen molar-refractivity contribution in [3.8, 4) is 0 Å². The number of amides is 2. The Bertz CT molecular complexity index is 722. The molecule has 1 aromatic carbocycles. The predicted molar refractivity (Wildman–Crippen MR) is 98.2 cm³/mol. The van der Waals surface area contributed by atoms with Gasteiger partial charge in [-0.25, -0.2) is 0 Å². The van der Waals surface area contributed by atoms with Crippen molar-refractivity contribution < 1.29 is 9.59 Å². The summed E-state index contributed by atoms with van der Waals surface area (Å²) in [6.45, 7) is 4.76. The van der Waals surface area contributed by atoms with Crippen LogP contribution >= 0.6 is 0 Å². The maximum Gasteiger partial charge on any atom is 0.267 e. The molecule has 2 heterocycles. The first-order valence-corrected chi connectivity index (χ1v) is 8.92. The highest BCUT2D eigenvalue weighted by molar-refractivity contribution is 5.98. The molecule has 2 aromatic rings. The van der Waals surface area contributed by atoms with Gasteiger partial charge in [-0.15, -0.1) is 0 Å². The standard InChI is InChI=1S/C19H26N4O2/c1-13-11-23(12-15(13)6-8-20)18(24)7-9-21-19(25)17-10-14-4-2-3-5-16(14)22-17/h2-5,10,13,15,22H,6-9,11-12,20H2,1H3,(H,21,25)/t13-,15-/m1/s1. The summed E-state index contributed by atoms with van der Waals surface area (Å²) in [5.41, 5.74) is 7.09. The molecule has 134 valence electrons. The molecule has 4 N–H and O–H groups in total. The Hall–Kier alpha value is -2.34. The topological polar surface area (TPSA) is 91.2 Å². The smallest absolute Gasteiger partial charge is 0.267 e. The van der Waals surface area contributed by atoms with E-state index in [1.807, 2.05) is 35.2 Å². The predicted octanol–water partition coefficient (Wildman–Crippen LogP) is 1.73. The average molecular weight is 342 g/mol. The highest BCUT2D eigenvalue weighted by Crippen LogP contribution is 2.25. The lowest BCUT2D eigenvalue weighted by Crippen LogP contribution is -2.33. The number of nitrogens with one attached hydrogen (secondary N) is 2. The molecule has 1 aliphatic heterocycles. The molecule has 25 heavy (non-hydrogen) atoms. The number of nitrogens with two attached hydrogens (primary N) is 1. The molecular formula is C19H26N4O2. The third-order valence-electron chi connectivity index (χ3n) is 5.06. The zero-order valence-electron chi connectivity index (χ0n) is 14.6. The third kappa shape index (κ3) is 4.02. The second-order valence-electron chi connectivity index (χ2n) is 6.89. The van der Waals surface area contributed by atoms with Crippen molar-refractivity contribution in [2.75, 3.05) is 26.2 Å². The molecule has 3 rings (SSSR count). The van der Waals surface area contributed by atoms with Crippen LogP contribution in [0.5, 0.6) is 0 Å². The van der Waals surface area contributed by atoms with Gasteiger partial charge < -0.3 is 20.9 Å². The summed E-state index contributed by atoms with van der Waals surface area (Å²) < 4.78 is 0. The van der Waals surface area contributed by atoms with Gasteiger partial charge in [-0.05, 0) is 36.9 Å². The summed E-state index contributed by atoms with van der Waals surface area (Å²) in [4.78, 5) is 29.6. The van der Waals surface area contributed by atoms with Crippen molar-refractivity contribution in [3.63, 3.8) is 0 Å². The zero-order valence-corrected chi connectivity index (χ0v) is 14.6. The van der Waals surface area contributed by atoms with Crippen LogP contribution in [0.2, 0.25) is 0 Å².